The molecule has 164 valence electrons. The number of hydrogen-bond acceptors (Lipinski definition) is 6. The Bertz CT molecular complexity index is 1200. The molecule has 1 amide bonds. The van der Waals surface area contributed by atoms with Crippen molar-refractivity contribution in [3.05, 3.63) is 58.1 Å². The van der Waals surface area contributed by atoms with Gasteiger partial charge in [-0.05, 0) is 42.8 Å². The molecule has 0 spiro atoms. The molecule has 0 unspecified atom stereocenters. The van der Waals surface area contributed by atoms with Crippen LogP contribution >= 0.6 is 35.0 Å². The summed E-state index contributed by atoms with van der Waals surface area (Å²) in [6.07, 6.45) is 0. The fourth-order valence-corrected chi connectivity index (χ4v) is 4.57. The molecule has 0 saturated heterocycles. The molecular weight excluding hydrogens is 481 g/mol. The number of carbonyl (C=O) groups is 1. The second kappa shape index (κ2) is 10.0. The Kier molecular flexibility index (Phi) is 7.60. The summed E-state index contributed by atoms with van der Waals surface area (Å²) in [6, 6.07) is 11.2. The van der Waals surface area contributed by atoms with Crippen molar-refractivity contribution in [3.8, 4) is 11.4 Å². The number of carbonyl (C=O) groups excluding carboxylic acids is 1. The van der Waals surface area contributed by atoms with Gasteiger partial charge in [0, 0.05) is 23.7 Å². The first-order valence-corrected chi connectivity index (χ1v) is 12.4. The molecule has 31 heavy (non-hydrogen) atoms. The van der Waals surface area contributed by atoms with E-state index in [4.69, 9.17) is 28.3 Å². The summed E-state index contributed by atoms with van der Waals surface area (Å²) < 4.78 is 24.4. The molecule has 1 heterocycles. The monoisotopic (exact) mass is 499 g/mol. The van der Waals surface area contributed by atoms with E-state index in [9.17, 15) is 13.2 Å². The molecule has 0 aliphatic heterocycles. The van der Waals surface area contributed by atoms with Crippen LogP contribution in [0, 0.1) is 0 Å². The fourth-order valence-electron chi connectivity index (χ4n) is 2.73. The van der Waals surface area contributed by atoms with Crippen molar-refractivity contribution in [1.29, 1.82) is 0 Å². The number of amides is 1. The molecule has 8 nitrogen and oxygen atoms in total. The van der Waals surface area contributed by atoms with Crippen molar-refractivity contribution < 1.29 is 13.2 Å². The number of halogens is 2. The van der Waals surface area contributed by atoms with E-state index in [2.05, 4.69) is 15.5 Å². The van der Waals surface area contributed by atoms with E-state index in [1.165, 1.54) is 23.9 Å². The Hall–Kier alpha value is -2.11. The third-order valence-corrected chi connectivity index (χ3v) is 6.72. The normalized spacial score (nSPS) is 11.5. The van der Waals surface area contributed by atoms with Crippen LogP contribution in [-0.2, 0) is 27.9 Å². The predicted octanol–water partition coefficient (Wildman–Crippen LogP) is 3.33. The largest absolute Gasteiger partial charge is 0.351 e. The van der Waals surface area contributed by atoms with Crippen molar-refractivity contribution >= 4 is 50.9 Å². The van der Waals surface area contributed by atoms with Crippen LogP contribution in [0.5, 0.6) is 0 Å². The van der Waals surface area contributed by atoms with Crippen molar-refractivity contribution in [2.75, 3.05) is 5.75 Å². The molecule has 0 aliphatic rings. The van der Waals surface area contributed by atoms with Crippen LogP contribution in [0.3, 0.4) is 0 Å². The highest BCUT2D eigenvalue weighted by molar-refractivity contribution is 7.99. The average molecular weight is 500 g/mol. The van der Waals surface area contributed by atoms with E-state index in [1.807, 2.05) is 11.5 Å². The number of primary sulfonamides is 1. The average Bonchev–Trinajstić information content (AvgIpc) is 3.13. The van der Waals surface area contributed by atoms with E-state index >= 15 is 0 Å². The standard InChI is InChI=1S/C19H19Cl2N5O3S2/c1-2-26-18(15-8-5-13(20)9-16(15)21)24-25-19(26)30-11-17(27)23-10-12-3-6-14(7-4-12)31(22,28)29/h3-9H,2,10-11H2,1H3,(H,23,27)(H2,22,28,29). The molecule has 0 atom stereocenters. The molecule has 3 rings (SSSR count). The van der Waals surface area contributed by atoms with Gasteiger partial charge in [-0.1, -0.05) is 47.1 Å². The molecule has 0 saturated carbocycles. The Morgan fingerprint density at radius 2 is 1.87 bits per heavy atom. The Morgan fingerprint density at radius 1 is 1.16 bits per heavy atom. The summed E-state index contributed by atoms with van der Waals surface area (Å²) in [5.74, 6) is 0.543. The number of nitrogens with two attached hydrogens (primary N) is 1. The van der Waals surface area contributed by atoms with Gasteiger partial charge in [-0.25, -0.2) is 13.6 Å². The van der Waals surface area contributed by atoms with Gasteiger partial charge in [-0.2, -0.15) is 0 Å². The van der Waals surface area contributed by atoms with Crippen molar-refractivity contribution in [3.63, 3.8) is 0 Å². The molecule has 0 aliphatic carbocycles. The van der Waals surface area contributed by atoms with Gasteiger partial charge in [-0.15, -0.1) is 10.2 Å². The number of nitrogens with one attached hydrogen (secondary N) is 1. The van der Waals surface area contributed by atoms with Gasteiger partial charge in [0.1, 0.15) is 0 Å². The number of aromatic nitrogens is 3. The molecule has 0 fully saturated rings. The van der Waals surface area contributed by atoms with E-state index in [0.29, 0.717) is 33.1 Å². The van der Waals surface area contributed by atoms with E-state index < -0.39 is 10.0 Å². The minimum absolute atomic E-state index is 0.0219. The minimum Gasteiger partial charge on any atom is -0.351 e. The summed E-state index contributed by atoms with van der Waals surface area (Å²) in [7, 11) is -3.74. The topological polar surface area (TPSA) is 120 Å². The molecule has 12 heteroatoms. The first-order chi connectivity index (χ1) is 14.7. The van der Waals surface area contributed by atoms with E-state index in [-0.39, 0.29) is 23.1 Å². The minimum atomic E-state index is -3.74. The van der Waals surface area contributed by atoms with Gasteiger partial charge >= 0.3 is 0 Å². The smallest absolute Gasteiger partial charge is 0.238 e. The summed E-state index contributed by atoms with van der Waals surface area (Å²) in [4.78, 5) is 12.3. The van der Waals surface area contributed by atoms with Crippen LogP contribution in [0.15, 0.2) is 52.5 Å². The lowest BCUT2D eigenvalue weighted by Gasteiger charge is -2.09. The molecule has 0 bridgehead atoms. The van der Waals surface area contributed by atoms with Crippen LogP contribution in [0.4, 0.5) is 0 Å². The number of nitrogens with zero attached hydrogens (tertiary/aromatic N) is 3. The van der Waals surface area contributed by atoms with Crippen LogP contribution in [0.1, 0.15) is 12.5 Å². The molecule has 1 aromatic heterocycles. The van der Waals surface area contributed by atoms with Crippen molar-refractivity contribution in [2.45, 2.75) is 30.1 Å². The zero-order valence-corrected chi connectivity index (χ0v) is 19.5. The third kappa shape index (κ3) is 5.98. The summed E-state index contributed by atoms with van der Waals surface area (Å²) >= 11 is 13.5. The molecule has 3 aromatic rings. The van der Waals surface area contributed by atoms with Crippen LogP contribution in [0.25, 0.3) is 11.4 Å². The lowest BCUT2D eigenvalue weighted by atomic mass is 10.2. The maximum Gasteiger partial charge on any atom is 0.238 e. The quantitative estimate of drug-likeness (QED) is 0.458. The Balaban J connectivity index is 1.61. The van der Waals surface area contributed by atoms with Gasteiger partial charge in [0.25, 0.3) is 0 Å². The highest BCUT2D eigenvalue weighted by Crippen LogP contribution is 2.31. The van der Waals surface area contributed by atoms with Gasteiger partial charge in [0.15, 0.2) is 11.0 Å². The third-order valence-electron chi connectivity index (χ3n) is 4.28. The summed E-state index contributed by atoms with van der Waals surface area (Å²) in [6.45, 7) is 2.81. The van der Waals surface area contributed by atoms with E-state index in [0.717, 1.165) is 5.56 Å². The second-order valence-corrected chi connectivity index (χ2v) is 9.78. The number of sulfonamides is 1. The van der Waals surface area contributed by atoms with Crippen LogP contribution in [-0.4, -0.2) is 34.8 Å². The maximum atomic E-state index is 12.2. The van der Waals surface area contributed by atoms with Gasteiger partial charge in [-0.3, -0.25) is 4.79 Å². The lowest BCUT2D eigenvalue weighted by molar-refractivity contribution is -0.118. The van der Waals surface area contributed by atoms with Crippen molar-refractivity contribution in [1.82, 2.24) is 20.1 Å². The number of thioether (sulfide) groups is 1. The Morgan fingerprint density at radius 3 is 2.48 bits per heavy atom. The predicted molar refractivity (Wildman–Crippen MR) is 122 cm³/mol. The second-order valence-electron chi connectivity index (χ2n) is 6.43. The number of benzene rings is 2. The zero-order chi connectivity index (χ0) is 22.6. The van der Waals surface area contributed by atoms with Gasteiger partial charge in [0.2, 0.25) is 15.9 Å². The number of rotatable bonds is 8. The molecule has 3 N–H and O–H groups in total. The van der Waals surface area contributed by atoms with Gasteiger partial charge < -0.3 is 9.88 Å². The summed E-state index contributed by atoms with van der Waals surface area (Å²) in [5.41, 5.74) is 1.46. The first kappa shape index (κ1) is 23.6. The van der Waals surface area contributed by atoms with Gasteiger partial charge in [0.05, 0.1) is 15.7 Å². The van der Waals surface area contributed by atoms with Crippen molar-refractivity contribution in [2.24, 2.45) is 5.14 Å². The number of hydrogen-bond donors (Lipinski definition) is 2. The SMILES string of the molecule is CCn1c(SCC(=O)NCc2ccc(S(N)(=O)=O)cc2)nnc1-c1ccc(Cl)cc1Cl. The highest BCUT2D eigenvalue weighted by Gasteiger charge is 2.17. The molecule has 0 radical (unpaired) electrons. The lowest BCUT2D eigenvalue weighted by Crippen LogP contribution is -2.24. The Labute approximate surface area is 194 Å². The first-order valence-electron chi connectivity index (χ1n) is 9.09. The van der Waals surface area contributed by atoms with Crippen LogP contribution < -0.4 is 10.5 Å². The summed E-state index contributed by atoms with van der Waals surface area (Å²) in [5, 5.41) is 17.9. The maximum absolute atomic E-state index is 12.2. The highest BCUT2D eigenvalue weighted by atomic mass is 35.5. The molecule has 2 aromatic carbocycles. The molecular formula is C19H19Cl2N5O3S2. The fraction of sp³-hybridized carbons (Fsp3) is 0.211. The van der Waals surface area contributed by atoms with E-state index in [1.54, 1.807) is 30.3 Å². The zero-order valence-electron chi connectivity index (χ0n) is 16.4. The van der Waals surface area contributed by atoms with Crippen LogP contribution in [0.2, 0.25) is 10.0 Å².